The Morgan fingerprint density at radius 2 is 1.04 bits per heavy atom. The maximum absolute atomic E-state index is 13.9. The Labute approximate surface area is 267 Å². The van der Waals surface area contributed by atoms with Gasteiger partial charge in [-0.2, -0.15) is 0 Å². The van der Waals surface area contributed by atoms with Crippen LogP contribution in [0.15, 0.2) is 155 Å². The van der Waals surface area contributed by atoms with Gasteiger partial charge in [-0.05, 0) is 77.2 Å². The number of aromatic nitrogens is 2. The second-order valence-corrected chi connectivity index (χ2v) is 12.5. The normalized spacial score (nSPS) is 12.3. The first kappa shape index (κ1) is 24.9. The van der Waals surface area contributed by atoms with Crippen LogP contribution in [0.4, 0.5) is 0 Å². The average Bonchev–Trinajstić information content (AvgIpc) is 3.78. The first-order valence-electron chi connectivity index (χ1n) is 15.9. The summed E-state index contributed by atoms with van der Waals surface area (Å²) in [6.07, 6.45) is 0. The number of rotatable bonds is 2. The Morgan fingerprint density at radius 1 is 0.447 bits per heavy atom. The van der Waals surface area contributed by atoms with Crippen molar-refractivity contribution in [3.8, 4) is 16.8 Å². The van der Waals surface area contributed by atoms with Crippen LogP contribution >= 0.6 is 0 Å². The molecule has 4 heteroatoms. The molecule has 4 aromatic heterocycles. The van der Waals surface area contributed by atoms with Crippen LogP contribution in [0.25, 0.3) is 98.5 Å². The molecule has 4 heterocycles. The molecular weight excluding hydrogens is 576 g/mol. The fourth-order valence-corrected chi connectivity index (χ4v) is 8.09. The first-order chi connectivity index (χ1) is 23.2. The van der Waals surface area contributed by atoms with Crippen molar-refractivity contribution < 1.29 is 4.42 Å². The summed E-state index contributed by atoms with van der Waals surface area (Å²) in [5.41, 5.74) is 9.27. The van der Waals surface area contributed by atoms with E-state index in [1.54, 1.807) is 0 Å². The second kappa shape index (κ2) is 8.87. The van der Waals surface area contributed by atoms with Gasteiger partial charge in [-0.25, -0.2) is 0 Å². The maximum Gasteiger partial charge on any atom is 0.263 e. The summed E-state index contributed by atoms with van der Waals surface area (Å²) in [5, 5.41) is 9.54. The van der Waals surface area contributed by atoms with Crippen molar-refractivity contribution in [2.75, 3.05) is 0 Å². The third kappa shape index (κ3) is 3.19. The predicted octanol–water partition coefficient (Wildman–Crippen LogP) is 10.9. The van der Waals surface area contributed by atoms with Crippen molar-refractivity contribution >= 4 is 81.7 Å². The van der Waals surface area contributed by atoms with Crippen LogP contribution in [-0.2, 0) is 0 Å². The molecule has 0 fully saturated rings. The quantitative estimate of drug-likeness (QED) is 0.185. The molecule has 0 N–H and O–H groups in total. The molecular formula is C43H24N2O2. The van der Waals surface area contributed by atoms with E-state index >= 15 is 0 Å². The molecule has 4 nitrogen and oxygen atoms in total. The lowest BCUT2D eigenvalue weighted by atomic mass is 9.95. The predicted molar refractivity (Wildman–Crippen MR) is 194 cm³/mol. The molecule has 0 unspecified atom stereocenters. The molecule has 0 aliphatic heterocycles. The lowest BCUT2D eigenvalue weighted by Gasteiger charge is -2.11. The fourth-order valence-electron chi connectivity index (χ4n) is 8.09. The Balaban J connectivity index is 1.25. The molecule has 0 aliphatic rings. The Bertz CT molecular complexity index is 3100. The van der Waals surface area contributed by atoms with Crippen molar-refractivity contribution in [2.24, 2.45) is 0 Å². The van der Waals surface area contributed by atoms with E-state index < -0.39 is 0 Å². The average molecular weight is 601 g/mol. The highest BCUT2D eigenvalue weighted by atomic mass is 16.3. The summed E-state index contributed by atoms with van der Waals surface area (Å²) in [6.45, 7) is 0. The van der Waals surface area contributed by atoms with Crippen molar-refractivity contribution in [3.63, 3.8) is 0 Å². The van der Waals surface area contributed by atoms with Gasteiger partial charge in [0.1, 0.15) is 11.2 Å². The van der Waals surface area contributed by atoms with Crippen LogP contribution < -0.4 is 5.56 Å². The Hall–Kier alpha value is -6.39. The summed E-state index contributed by atoms with van der Waals surface area (Å²) in [7, 11) is 0. The van der Waals surface area contributed by atoms with Crippen LogP contribution in [0.2, 0.25) is 0 Å². The summed E-state index contributed by atoms with van der Waals surface area (Å²) in [4.78, 5) is 13.9. The van der Waals surface area contributed by atoms with Crippen LogP contribution in [0.1, 0.15) is 0 Å². The van der Waals surface area contributed by atoms with E-state index in [2.05, 4.69) is 120 Å². The minimum atomic E-state index is 0.0209. The highest BCUT2D eigenvalue weighted by Crippen LogP contribution is 2.43. The molecule has 0 saturated carbocycles. The van der Waals surface area contributed by atoms with Gasteiger partial charge in [0.15, 0.2) is 0 Å². The fraction of sp³-hybridized carbons (Fsp3) is 0. The van der Waals surface area contributed by atoms with Gasteiger partial charge in [0.05, 0.1) is 22.1 Å². The van der Waals surface area contributed by atoms with E-state index in [4.69, 9.17) is 4.42 Å². The number of pyridine rings is 1. The zero-order valence-electron chi connectivity index (χ0n) is 25.1. The van der Waals surface area contributed by atoms with Crippen molar-refractivity contribution in [2.45, 2.75) is 0 Å². The van der Waals surface area contributed by atoms with E-state index in [1.807, 2.05) is 34.7 Å². The van der Waals surface area contributed by atoms with Gasteiger partial charge in [-0.15, -0.1) is 0 Å². The van der Waals surface area contributed by atoms with E-state index in [1.165, 1.54) is 21.8 Å². The van der Waals surface area contributed by atoms with Crippen LogP contribution in [0.5, 0.6) is 0 Å². The standard InChI is InChI=1S/C43H24N2O2/c46-43-32-14-2-1-10-28(32)33-22-25(23-34-31-13-5-8-18-38(31)45(43)42(33)34)27-15-9-19-40-41(27)35-24-26(20-21-39(35)47-40)44-36-16-6-3-11-29(36)30-12-4-7-17-37(30)44/h1-24H. The lowest BCUT2D eigenvalue weighted by Crippen LogP contribution is -2.12. The highest BCUT2D eigenvalue weighted by molar-refractivity contribution is 6.23. The molecule has 0 atom stereocenters. The van der Waals surface area contributed by atoms with Crippen LogP contribution in [-0.4, -0.2) is 8.97 Å². The first-order valence-corrected chi connectivity index (χ1v) is 15.9. The van der Waals surface area contributed by atoms with Gasteiger partial charge in [0.25, 0.3) is 5.56 Å². The topological polar surface area (TPSA) is 39.5 Å². The number of fused-ring (bicyclic) bond motifs is 11. The smallest absolute Gasteiger partial charge is 0.263 e. The van der Waals surface area contributed by atoms with E-state index in [-0.39, 0.29) is 5.56 Å². The SMILES string of the molecule is O=c1c2ccccc2c2cc(-c3cccc4oc5ccc(-n6c7ccccc7c7ccccc76)cc5c34)cc3c4ccccc4n1c23. The number of furan rings is 1. The number of benzene rings is 7. The lowest BCUT2D eigenvalue weighted by molar-refractivity contribution is 0.669. The van der Waals surface area contributed by atoms with E-state index in [9.17, 15) is 4.79 Å². The molecule has 11 rings (SSSR count). The van der Waals surface area contributed by atoms with Gasteiger partial charge >= 0.3 is 0 Å². The molecule has 0 bridgehead atoms. The third-order valence-corrected chi connectivity index (χ3v) is 10.0. The van der Waals surface area contributed by atoms with E-state index in [0.29, 0.717) is 0 Å². The summed E-state index contributed by atoms with van der Waals surface area (Å²) in [6, 6.07) is 50.8. The monoisotopic (exact) mass is 600 g/mol. The minimum Gasteiger partial charge on any atom is -0.456 e. The Morgan fingerprint density at radius 3 is 1.77 bits per heavy atom. The third-order valence-electron chi connectivity index (χ3n) is 10.0. The molecule has 0 amide bonds. The number of para-hydroxylation sites is 3. The van der Waals surface area contributed by atoms with Crippen LogP contribution in [0, 0.1) is 0 Å². The number of nitrogens with zero attached hydrogens (tertiary/aromatic N) is 2. The van der Waals surface area contributed by atoms with Gasteiger partial charge < -0.3 is 8.98 Å². The zero-order valence-corrected chi connectivity index (χ0v) is 25.1. The molecule has 218 valence electrons. The Kier molecular flexibility index (Phi) is 4.69. The summed E-state index contributed by atoms with van der Waals surface area (Å²) >= 11 is 0. The molecule has 0 spiro atoms. The summed E-state index contributed by atoms with van der Waals surface area (Å²) < 4.78 is 10.8. The van der Waals surface area contributed by atoms with E-state index in [0.717, 1.165) is 76.7 Å². The molecule has 11 aromatic rings. The molecule has 0 saturated heterocycles. The van der Waals surface area contributed by atoms with Gasteiger partial charge in [-0.1, -0.05) is 84.9 Å². The molecule has 47 heavy (non-hydrogen) atoms. The molecule has 0 radical (unpaired) electrons. The van der Waals surface area contributed by atoms with Gasteiger partial charge in [0.2, 0.25) is 0 Å². The molecule has 7 aromatic carbocycles. The largest absolute Gasteiger partial charge is 0.456 e. The van der Waals surface area contributed by atoms with Crippen LogP contribution in [0.3, 0.4) is 0 Å². The minimum absolute atomic E-state index is 0.0209. The second-order valence-electron chi connectivity index (χ2n) is 12.5. The van der Waals surface area contributed by atoms with Crippen molar-refractivity contribution in [3.05, 3.63) is 156 Å². The van der Waals surface area contributed by atoms with Gasteiger partial charge in [0, 0.05) is 48.8 Å². The zero-order chi connectivity index (χ0) is 30.8. The number of hydrogen-bond acceptors (Lipinski definition) is 2. The van der Waals surface area contributed by atoms with Crippen molar-refractivity contribution in [1.82, 2.24) is 8.97 Å². The highest BCUT2D eigenvalue weighted by Gasteiger charge is 2.21. The summed E-state index contributed by atoms with van der Waals surface area (Å²) in [5.74, 6) is 0. The van der Waals surface area contributed by atoms with Crippen molar-refractivity contribution in [1.29, 1.82) is 0 Å². The maximum atomic E-state index is 13.9. The van der Waals surface area contributed by atoms with Gasteiger partial charge in [-0.3, -0.25) is 9.20 Å². The number of hydrogen-bond donors (Lipinski definition) is 0. The molecule has 0 aliphatic carbocycles.